The Balaban J connectivity index is 0.000000956. The molecule has 2 N–H and O–H groups in total. The van der Waals surface area contributed by atoms with Crippen LogP contribution in [0.4, 0.5) is 5.13 Å². The third kappa shape index (κ3) is 5.32. The standard InChI is InChI=1S/C10H11N3O3S2.C2H6/c1-6-2-11-8(16-6)5-17-9-3-12-10(18-9)13-7(15)4-14;1-2/h2-3,14H,4-5H2,1H3,(H,12,13,15);1-2H3. The molecule has 0 aliphatic heterocycles. The topological polar surface area (TPSA) is 88.2 Å². The van der Waals surface area contributed by atoms with E-state index in [1.165, 1.54) is 23.1 Å². The third-order valence-electron chi connectivity index (χ3n) is 1.88. The van der Waals surface area contributed by atoms with E-state index in [-0.39, 0.29) is 0 Å². The van der Waals surface area contributed by atoms with Crippen molar-refractivity contribution in [3.8, 4) is 0 Å². The molecule has 0 saturated carbocycles. The van der Waals surface area contributed by atoms with Crippen LogP contribution in [-0.2, 0) is 10.5 Å². The number of anilines is 1. The van der Waals surface area contributed by atoms with E-state index in [0.29, 0.717) is 16.8 Å². The molecule has 1 amide bonds. The predicted molar refractivity (Wildman–Crippen MR) is 80.0 cm³/mol. The molecule has 2 rings (SSSR count). The maximum absolute atomic E-state index is 10.9. The lowest BCUT2D eigenvalue weighted by atomic mass is 10.6. The summed E-state index contributed by atoms with van der Waals surface area (Å²) in [6, 6.07) is 0. The highest BCUT2D eigenvalue weighted by Crippen LogP contribution is 2.30. The maximum atomic E-state index is 10.9. The molecular formula is C12H17N3O3S2. The van der Waals surface area contributed by atoms with Gasteiger partial charge in [-0.05, 0) is 6.92 Å². The quantitative estimate of drug-likeness (QED) is 0.825. The number of carbonyl (C=O) groups is 1. The number of nitrogens with one attached hydrogen (secondary N) is 1. The molecule has 6 nitrogen and oxygen atoms in total. The molecule has 0 spiro atoms. The maximum Gasteiger partial charge on any atom is 0.251 e. The van der Waals surface area contributed by atoms with Gasteiger partial charge in [-0.2, -0.15) is 0 Å². The van der Waals surface area contributed by atoms with Crippen LogP contribution in [0.3, 0.4) is 0 Å². The molecule has 0 fully saturated rings. The van der Waals surface area contributed by atoms with Crippen molar-refractivity contribution >= 4 is 34.1 Å². The number of aliphatic hydroxyl groups is 1. The first-order chi connectivity index (χ1) is 9.67. The van der Waals surface area contributed by atoms with Gasteiger partial charge in [-0.3, -0.25) is 10.1 Å². The number of hydrogen-bond donors (Lipinski definition) is 2. The van der Waals surface area contributed by atoms with Crippen molar-refractivity contribution in [2.45, 2.75) is 30.7 Å². The summed E-state index contributed by atoms with van der Waals surface area (Å²) < 4.78 is 6.29. The van der Waals surface area contributed by atoms with Gasteiger partial charge in [-0.1, -0.05) is 25.2 Å². The molecule has 2 aromatic heterocycles. The van der Waals surface area contributed by atoms with Crippen LogP contribution < -0.4 is 5.32 Å². The number of aliphatic hydroxyl groups excluding tert-OH is 1. The van der Waals surface area contributed by atoms with Gasteiger partial charge in [0.1, 0.15) is 12.4 Å². The molecule has 110 valence electrons. The lowest BCUT2D eigenvalue weighted by Crippen LogP contribution is -2.14. The fourth-order valence-corrected chi connectivity index (χ4v) is 2.89. The summed E-state index contributed by atoms with van der Waals surface area (Å²) in [5.74, 6) is 1.59. The number of carbonyl (C=O) groups excluding carboxylic acids is 1. The fraction of sp³-hybridized carbons (Fsp3) is 0.417. The van der Waals surface area contributed by atoms with Crippen molar-refractivity contribution in [2.24, 2.45) is 0 Å². The van der Waals surface area contributed by atoms with Crippen molar-refractivity contribution < 1.29 is 14.3 Å². The molecular weight excluding hydrogens is 298 g/mol. The number of aryl methyl sites for hydroxylation is 1. The summed E-state index contributed by atoms with van der Waals surface area (Å²) in [6.45, 7) is 5.30. The van der Waals surface area contributed by atoms with E-state index in [1.807, 2.05) is 20.8 Å². The van der Waals surface area contributed by atoms with Crippen LogP contribution in [0.25, 0.3) is 0 Å². The Labute approximate surface area is 125 Å². The summed E-state index contributed by atoms with van der Waals surface area (Å²) in [6.07, 6.45) is 3.34. The van der Waals surface area contributed by atoms with Gasteiger partial charge in [0.25, 0.3) is 5.91 Å². The number of thioether (sulfide) groups is 1. The van der Waals surface area contributed by atoms with E-state index < -0.39 is 12.5 Å². The Hall–Kier alpha value is -1.38. The number of nitrogens with zero attached hydrogens (tertiary/aromatic N) is 2. The van der Waals surface area contributed by atoms with Crippen LogP contribution in [0.5, 0.6) is 0 Å². The minimum atomic E-state index is -0.544. The summed E-state index contributed by atoms with van der Waals surface area (Å²) in [7, 11) is 0. The average Bonchev–Trinajstić information content (AvgIpc) is 3.08. The van der Waals surface area contributed by atoms with Gasteiger partial charge in [0.2, 0.25) is 5.89 Å². The van der Waals surface area contributed by atoms with Crippen LogP contribution in [0.1, 0.15) is 25.5 Å². The number of rotatable bonds is 5. The second-order valence-corrected chi connectivity index (χ2v) is 5.65. The molecule has 20 heavy (non-hydrogen) atoms. The highest BCUT2D eigenvalue weighted by atomic mass is 32.2. The van der Waals surface area contributed by atoms with Gasteiger partial charge >= 0.3 is 0 Å². The minimum Gasteiger partial charge on any atom is -0.445 e. The predicted octanol–water partition coefficient (Wildman–Crippen LogP) is 2.69. The minimum absolute atomic E-state index is 0.468. The number of hydrogen-bond acceptors (Lipinski definition) is 7. The smallest absolute Gasteiger partial charge is 0.251 e. The Bertz CT molecular complexity index is 540. The van der Waals surface area contributed by atoms with E-state index in [1.54, 1.807) is 12.4 Å². The largest absolute Gasteiger partial charge is 0.445 e. The van der Waals surface area contributed by atoms with Gasteiger partial charge in [0.15, 0.2) is 5.13 Å². The SMILES string of the molecule is CC.Cc1cnc(CSc2cnc(NC(=O)CO)s2)o1. The van der Waals surface area contributed by atoms with E-state index >= 15 is 0 Å². The first-order valence-corrected chi connectivity index (χ1v) is 7.88. The summed E-state index contributed by atoms with van der Waals surface area (Å²) >= 11 is 2.87. The van der Waals surface area contributed by atoms with Gasteiger partial charge in [-0.25, -0.2) is 9.97 Å². The van der Waals surface area contributed by atoms with Crippen molar-refractivity contribution in [3.05, 3.63) is 24.0 Å². The Morgan fingerprint density at radius 1 is 1.45 bits per heavy atom. The zero-order chi connectivity index (χ0) is 15.0. The van der Waals surface area contributed by atoms with Crippen LogP contribution in [0.15, 0.2) is 21.0 Å². The lowest BCUT2D eigenvalue weighted by Gasteiger charge is -1.95. The number of amides is 1. The lowest BCUT2D eigenvalue weighted by molar-refractivity contribution is -0.118. The molecule has 0 saturated heterocycles. The number of oxazole rings is 1. The number of aromatic nitrogens is 2. The van der Waals surface area contributed by atoms with Crippen LogP contribution >= 0.6 is 23.1 Å². The van der Waals surface area contributed by atoms with E-state index in [0.717, 1.165) is 9.97 Å². The second kappa shape index (κ2) is 8.72. The Morgan fingerprint density at radius 2 is 2.20 bits per heavy atom. The Morgan fingerprint density at radius 3 is 2.80 bits per heavy atom. The van der Waals surface area contributed by atoms with Gasteiger partial charge in [0.05, 0.1) is 22.4 Å². The van der Waals surface area contributed by atoms with E-state index in [4.69, 9.17) is 9.52 Å². The number of thiazole rings is 1. The fourth-order valence-electron chi connectivity index (χ4n) is 1.14. The second-order valence-electron chi connectivity index (χ2n) is 3.34. The highest BCUT2D eigenvalue weighted by Gasteiger charge is 2.07. The summed E-state index contributed by atoms with van der Waals surface area (Å²) in [5.41, 5.74) is 0. The molecule has 8 heteroatoms. The van der Waals surface area contributed by atoms with Crippen LogP contribution in [0, 0.1) is 6.92 Å². The Kier molecular flexibility index (Phi) is 7.27. The van der Waals surface area contributed by atoms with Crippen molar-refractivity contribution in [1.29, 1.82) is 0 Å². The molecule has 0 aliphatic carbocycles. The molecule has 0 bridgehead atoms. The average molecular weight is 315 g/mol. The molecule has 0 aromatic carbocycles. The van der Waals surface area contributed by atoms with Crippen LogP contribution in [-0.4, -0.2) is 27.6 Å². The highest BCUT2D eigenvalue weighted by molar-refractivity contribution is 8.00. The monoisotopic (exact) mass is 315 g/mol. The molecule has 2 heterocycles. The first-order valence-electron chi connectivity index (χ1n) is 6.08. The molecule has 0 aliphatic rings. The first kappa shape index (κ1) is 16.7. The summed E-state index contributed by atoms with van der Waals surface area (Å²) in [5, 5.41) is 11.5. The zero-order valence-corrected chi connectivity index (χ0v) is 13.2. The van der Waals surface area contributed by atoms with E-state index in [2.05, 4.69) is 15.3 Å². The van der Waals surface area contributed by atoms with Crippen LogP contribution in [0.2, 0.25) is 0 Å². The van der Waals surface area contributed by atoms with Crippen molar-refractivity contribution in [2.75, 3.05) is 11.9 Å². The van der Waals surface area contributed by atoms with Gasteiger partial charge < -0.3 is 9.52 Å². The molecule has 0 unspecified atom stereocenters. The van der Waals surface area contributed by atoms with Crippen molar-refractivity contribution in [3.63, 3.8) is 0 Å². The third-order valence-corrected chi connectivity index (χ3v) is 3.97. The van der Waals surface area contributed by atoms with Gasteiger partial charge in [-0.15, -0.1) is 11.8 Å². The summed E-state index contributed by atoms with van der Waals surface area (Å²) in [4.78, 5) is 19.1. The van der Waals surface area contributed by atoms with Gasteiger partial charge in [0, 0.05) is 0 Å². The van der Waals surface area contributed by atoms with Crippen molar-refractivity contribution in [1.82, 2.24) is 9.97 Å². The molecule has 0 radical (unpaired) electrons. The molecule has 0 atom stereocenters. The molecule has 2 aromatic rings. The normalized spacial score (nSPS) is 9.80. The van der Waals surface area contributed by atoms with E-state index in [9.17, 15) is 4.79 Å². The zero-order valence-electron chi connectivity index (χ0n) is 11.5.